The smallest absolute Gasteiger partial charge is 0.240 e. The maximum absolute atomic E-state index is 12.5. The van der Waals surface area contributed by atoms with Crippen LogP contribution in [0.4, 0.5) is 0 Å². The minimum atomic E-state index is -0.0716. The second-order valence-corrected chi connectivity index (χ2v) is 7.17. The first-order chi connectivity index (χ1) is 13.7. The van der Waals surface area contributed by atoms with Gasteiger partial charge in [-0.3, -0.25) is 4.79 Å². The van der Waals surface area contributed by atoms with E-state index in [4.69, 9.17) is 21.1 Å². The highest BCUT2D eigenvalue weighted by Gasteiger charge is 2.18. The molecule has 4 rings (SSSR count). The molecule has 1 atom stereocenters. The van der Waals surface area contributed by atoms with Gasteiger partial charge in [0.25, 0.3) is 0 Å². The highest BCUT2D eigenvalue weighted by atomic mass is 35.5. The molecule has 0 spiro atoms. The molecule has 1 aliphatic heterocycles. The summed E-state index contributed by atoms with van der Waals surface area (Å²) in [6.45, 7) is 1.71. The molecule has 1 unspecified atom stereocenters. The first-order valence-electron chi connectivity index (χ1n) is 9.40. The molecule has 0 bridgehead atoms. The van der Waals surface area contributed by atoms with Crippen LogP contribution in [-0.2, 0) is 22.7 Å². The van der Waals surface area contributed by atoms with Crippen molar-refractivity contribution in [2.24, 2.45) is 0 Å². The number of halogens is 1. The average Bonchev–Trinajstić information content (AvgIpc) is 3.34. The highest BCUT2D eigenvalue weighted by Crippen LogP contribution is 2.25. The van der Waals surface area contributed by atoms with Crippen LogP contribution in [0.3, 0.4) is 0 Å². The van der Waals surface area contributed by atoms with Crippen LogP contribution in [-0.4, -0.2) is 34.7 Å². The second-order valence-electron chi connectivity index (χ2n) is 6.76. The van der Waals surface area contributed by atoms with E-state index in [1.165, 1.54) is 0 Å². The largest absolute Gasteiger partial charge is 0.484 e. The van der Waals surface area contributed by atoms with E-state index in [-0.39, 0.29) is 25.2 Å². The number of amides is 1. The maximum atomic E-state index is 12.5. The zero-order valence-corrected chi connectivity index (χ0v) is 16.2. The maximum Gasteiger partial charge on any atom is 0.240 e. The molecule has 6 nitrogen and oxygen atoms in total. The standard InChI is InChI=1S/C21H22ClN3O3/c22-16-7-1-4-10-19(16)28-14-20-24-17-8-2-3-9-18(17)25(20)13-21(26)23-12-15-6-5-11-27-15/h1-4,7-10,15H,5-6,11-14H2,(H,23,26). The molecule has 2 heterocycles. The summed E-state index contributed by atoms with van der Waals surface area (Å²) in [6, 6.07) is 15.0. The number of imidazole rings is 1. The summed E-state index contributed by atoms with van der Waals surface area (Å²) in [4.78, 5) is 17.2. The zero-order valence-electron chi connectivity index (χ0n) is 15.4. The van der Waals surface area contributed by atoms with Gasteiger partial charge in [0.15, 0.2) is 0 Å². The van der Waals surface area contributed by atoms with Crippen molar-refractivity contribution >= 4 is 28.5 Å². The van der Waals surface area contributed by atoms with Gasteiger partial charge in [-0.05, 0) is 37.1 Å². The third-order valence-corrected chi connectivity index (χ3v) is 5.09. The normalized spacial score (nSPS) is 16.4. The summed E-state index contributed by atoms with van der Waals surface area (Å²) >= 11 is 6.17. The molecule has 28 heavy (non-hydrogen) atoms. The van der Waals surface area contributed by atoms with Gasteiger partial charge in [0.05, 0.1) is 22.2 Å². The van der Waals surface area contributed by atoms with Gasteiger partial charge in [-0.15, -0.1) is 0 Å². The van der Waals surface area contributed by atoms with Crippen molar-refractivity contribution in [1.82, 2.24) is 14.9 Å². The summed E-state index contributed by atoms with van der Waals surface area (Å²) in [5.41, 5.74) is 1.72. The monoisotopic (exact) mass is 399 g/mol. The molecule has 2 aromatic carbocycles. The molecule has 146 valence electrons. The second kappa shape index (κ2) is 8.63. The van der Waals surface area contributed by atoms with E-state index < -0.39 is 0 Å². The Hall–Kier alpha value is -2.57. The van der Waals surface area contributed by atoms with E-state index in [0.717, 1.165) is 30.5 Å². The molecule has 1 saturated heterocycles. The van der Waals surface area contributed by atoms with Crippen molar-refractivity contribution in [3.8, 4) is 5.75 Å². The number of carbonyl (C=O) groups is 1. The number of fused-ring (bicyclic) bond motifs is 1. The Morgan fingerprint density at radius 3 is 2.89 bits per heavy atom. The van der Waals surface area contributed by atoms with Gasteiger partial charge < -0.3 is 19.4 Å². The van der Waals surface area contributed by atoms with Crippen LogP contribution in [0.1, 0.15) is 18.7 Å². The van der Waals surface area contributed by atoms with Crippen LogP contribution < -0.4 is 10.1 Å². The van der Waals surface area contributed by atoms with E-state index in [1.807, 2.05) is 47.0 Å². The number of nitrogens with zero attached hydrogens (tertiary/aromatic N) is 2. The Morgan fingerprint density at radius 2 is 2.07 bits per heavy atom. The van der Waals surface area contributed by atoms with Crippen LogP contribution in [0, 0.1) is 0 Å². The molecule has 0 aliphatic carbocycles. The van der Waals surface area contributed by atoms with Crippen molar-refractivity contribution < 1.29 is 14.3 Å². The minimum Gasteiger partial charge on any atom is -0.484 e. The van der Waals surface area contributed by atoms with Crippen LogP contribution in [0.5, 0.6) is 5.75 Å². The fraction of sp³-hybridized carbons (Fsp3) is 0.333. The molecule has 7 heteroatoms. The fourth-order valence-electron chi connectivity index (χ4n) is 3.35. The Balaban J connectivity index is 1.49. The molecule has 1 amide bonds. The summed E-state index contributed by atoms with van der Waals surface area (Å²) in [7, 11) is 0. The Kier molecular flexibility index (Phi) is 5.78. The van der Waals surface area contributed by atoms with E-state index in [2.05, 4.69) is 10.3 Å². The third-order valence-electron chi connectivity index (χ3n) is 4.78. The number of nitrogens with one attached hydrogen (secondary N) is 1. The first kappa shape index (κ1) is 18.8. The van der Waals surface area contributed by atoms with Crippen LogP contribution in [0.2, 0.25) is 5.02 Å². The van der Waals surface area contributed by atoms with Crippen LogP contribution >= 0.6 is 11.6 Å². The lowest BCUT2D eigenvalue weighted by Gasteiger charge is -2.13. The zero-order chi connectivity index (χ0) is 19.3. The third kappa shape index (κ3) is 4.29. The van der Waals surface area contributed by atoms with Gasteiger partial charge in [-0.1, -0.05) is 35.9 Å². The molecular weight excluding hydrogens is 378 g/mol. The number of carbonyl (C=O) groups excluding carboxylic acids is 1. The van der Waals surface area contributed by atoms with E-state index in [1.54, 1.807) is 6.07 Å². The van der Waals surface area contributed by atoms with Crippen LogP contribution in [0.25, 0.3) is 11.0 Å². The number of aromatic nitrogens is 2. The summed E-state index contributed by atoms with van der Waals surface area (Å²) in [5.74, 6) is 1.19. The Labute approximate surface area is 168 Å². The van der Waals surface area contributed by atoms with Gasteiger partial charge in [0.2, 0.25) is 5.91 Å². The van der Waals surface area contributed by atoms with Gasteiger partial charge >= 0.3 is 0 Å². The molecule has 1 aromatic heterocycles. The van der Waals surface area contributed by atoms with Gasteiger partial charge in [0, 0.05) is 13.2 Å². The van der Waals surface area contributed by atoms with E-state index in [0.29, 0.717) is 23.1 Å². The number of ether oxygens (including phenoxy) is 2. The quantitative estimate of drug-likeness (QED) is 0.659. The van der Waals surface area contributed by atoms with Gasteiger partial charge in [-0.25, -0.2) is 4.98 Å². The molecule has 3 aromatic rings. The number of para-hydroxylation sites is 3. The summed E-state index contributed by atoms with van der Waals surface area (Å²) < 4.78 is 13.3. The highest BCUT2D eigenvalue weighted by molar-refractivity contribution is 6.32. The lowest BCUT2D eigenvalue weighted by atomic mass is 10.2. The van der Waals surface area contributed by atoms with E-state index >= 15 is 0 Å². The SMILES string of the molecule is O=C(Cn1c(COc2ccccc2Cl)nc2ccccc21)NCC1CCCO1. The van der Waals surface area contributed by atoms with Gasteiger partial charge in [0.1, 0.15) is 24.7 Å². The first-order valence-corrected chi connectivity index (χ1v) is 9.78. The molecule has 0 saturated carbocycles. The minimum absolute atomic E-state index is 0.0716. The van der Waals surface area contributed by atoms with Crippen molar-refractivity contribution in [1.29, 1.82) is 0 Å². The average molecular weight is 400 g/mol. The number of rotatable bonds is 7. The number of benzene rings is 2. The summed E-state index contributed by atoms with van der Waals surface area (Å²) in [6.07, 6.45) is 2.16. The molecule has 1 fully saturated rings. The number of hydrogen-bond donors (Lipinski definition) is 1. The molecule has 1 N–H and O–H groups in total. The molecule has 0 radical (unpaired) electrons. The van der Waals surface area contributed by atoms with Gasteiger partial charge in [-0.2, -0.15) is 0 Å². The number of hydrogen-bond acceptors (Lipinski definition) is 4. The Bertz CT molecular complexity index is 966. The summed E-state index contributed by atoms with van der Waals surface area (Å²) in [5, 5.41) is 3.50. The topological polar surface area (TPSA) is 65.4 Å². The Morgan fingerprint density at radius 1 is 1.25 bits per heavy atom. The lowest BCUT2D eigenvalue weighted by Crippen LogP contribution is -2.34. The van der Waals surface area contributed by atoms with Crippen molar-refractivity contribution in [3.63, 3.8) is 0 Å². The predicted molar refractivity (Wildman–Crippen MR) is 108 cm³/mol. The molecular formula is C21H22ClN3O3. The fourth-order valence-corrected chi connectivity index (χ4v) is 3.54. The van der Waals surface area contributed by atoms with Crippen molar-refractivity contribution in [2.45, 2.75) is 32.1 Å². The lowest BCUT2D eigenvalue weighted by molar-refractivity contribution is -0.122. The van der Waals surface area contributed by atoms with Crippen LogP contribution in [0.15, 0.2) is 48.5 Å². The molecule has 1 aliphatic rings. The van der Waals surface area contributed by atoms with Crippen molar-refractivity contribution in [2.75, 3.05) is 13.2 Å². The van der Waals surface area contributed by atoms with Crippen molar-refractivity contribution in [3.05, 3.63) is 59.4 Å². The predicted octanol–water partition coefficient (Wildman–Crippen LogP) is 3.56. The van der Waals surface area contributed by atoms with E-state index in [9.17, 15) is 4.79 Å².